The standard InChI is InChI=1S/C25H22FNO5/c1-14-10-16(26)11-15(23(14)28)12-22(24(29)30)27-25(31)32-13-21-19-8-4-2-6-17(19)18-7-3-5-9-20(18)21/h2-11,21-22,28H,12-13H2,1H3,(H,27,31)(H,29,30). The van der Waals surface area contributed by atoms with Crippen molar-refractivity contribution in [1.29, 1.82) is 0 Å². The van der Waals surface area contributed by atoms with Gasteiger partial charge in [0, 0.05) is 12.3 Å². The fourth-order valence-corrected chi connectivity index (χ4v) is 4.16. The Kier molecular flexibility index (Phi) is 5.81. The third-order valence-electron chi connectivity index (χ3n) is 5.70. The molecular formula is C25H22FNO5. The zero-order valence-corrected chi connectivity index (χ0v) is 17.3. The fraction of sp³-hybridized carbons (Fsp3) is 0.200. The van der Waals surface area contributed by atoms with Crippen molar-refractivity contribution in [2.24, 2.45) is 0 Å². The summed E-state index contributed by atoms with van der Waals surface area (Å²) < 4.78 is 19.1. The second-order valence-corrected chi connectivity index (χ2v) is 7.80. The number of fused-ring (bicyclic) bond motifs is 3. The normalized spacial score (nSPS) is 13.2. The maximum Gasteiger partial charge on any atom is 0.407 e. The number of halogens is 1. The third-order valence-corrected chi connectivity index (χ3v) is 5.70. The van der Waals surface area contributed by atoms with Crippen LogP contribution in [0.4, 0.5) is 9.18 Å². The largest absolute Gasteiger partial charge is 0.507 e. The molecule has 3 N–H and O–H groups in total. The minimum atomic E-state index is -1.39. The Morgan fingerprint density at radius 3 is 2.25 bits per heavy atom. The van der Waals surface area contributed by atoms with Crippen LogP contribution in [0.5, 0.6) is 5.75 Å². The van der Waals surface area contributed by atoms with Crippen LogP contribution >= 0.6 is 0 Å². The van der Waals surface area contributed by atoms with E-state index in [0.29, 0.717) is 0 Å². The van der Waals surface area contributed by atoms with Crippen LogP contribution in [-0.4, -0.2) is 34.9 Å². The smallest absolute Gasteiger partial charge is 0.407 e. The number of carbonyl (C=O) groups excluding carboxylic acids is 1. The minimum absolute atomic E-state index is 0.0382. The molecule has 164 valence electrons. The average Bonchev–Trinajstić information content (AvgIpc) is 3.09. The van der Waals surface area contributed by atoms with E-state index in [2.05, 4.69) is 5.32 Å². The molecule has 0 radical (unpaired) electrons. The Bertz CT molecular complexity index is 1150. The molecule has 6 nitrogen and oxygen atoms in total. The zero-order valence-electron chi connectivity index (χ0n) is 17.3. The molecule has 7 heteroatoms. The summed E-state index contributed by atoms with van der Waals surface area (Å²) in [7, 11) is 0. The maximum absolute atomic E-state index is 13.7. The Morgan fingerprint density at radius 1 is 1.06 bits per heavy atom. The first kappa shape index (κ1) is 21.4. The lowest BCUT2D eigenvalue weighted by Gasteiger charge is -2.18. The molecule has 0 aliphatic heterocycles. The van der Waals surface area contributed by atoms with Gasteiger partial charge in [-0.15, -0.1) is 0 Å². The number of aromatic hydroxyl groups is 1. The van der Waals surface area contributed by atoms with Crippen molar-refractivity contribution in [3.63, 3.8) is 0 Å². The Hall–Kier alpha value is -3.87. The Labute approximate surface area is 184 Å². The molecule has 0 saturated heterocycles. The molecule has 0 spiro atoms. The molecule has 0 heterocycles. The topological polar surface area (TPSA) is 95.9 Å². The molecule has 4 rings (SSSR count). The number of amides is 1. The van der Waals surface area contributed by atoms with Crippen molar-refractivity contribution in [3.8, 4) is 16.9 Å². The van der Waals surface area contributed by atoms with Gasteiger partial charge in [0.15, 0.2) is 0 Å². The molecule has 0 saturated carbocycles. The summed E-state index contributed by atoms with van der Waals surface area (Å²) in [4.78, 5) is 24.1. The van der Waals surface area contributed by atoms with E-state index in [1.54, 1.807) is 0 Å². The van der Waals surface area contributed by atoms with Gasteiger partial charge in [-0.3, -0.25) is 0 Å². The number of carboxylic acids is 1. The van der Waals surface area contributed by atoms with Gasteiger partial charge in [-0.2, -0.15) is 0 Å². The third kappa shape index (κ3) is 4.14. The van der Waals surface area contributed by atoms with Gasteiger partial charge in [0.05, 0.1) is 0 Å². The maximum atomic E-state index is 13.7. The Balaban J connectivity index is 1.46. The lowest BCUT2D eigenvalue weighted by Crippen LogP contribution is -2.43. The number of phenols is 1. The monoisotopic (exact) mass is 435 g/mol. The van der Waals surface area contributed by atoms with Crippen molar-refractivity contribution < 1.29 is 28.9 Å². The lowest BCUT2D eigenvalue weighted by atomic mass is 9.98. The number of nitrogens with one attached hydrogen (secondary N) is 1. The van der Waals surface area contributed by atoms with Gasteiger partial charge < -0.3 is 20.3 Å². The number of aliphatic carboxylic acids is 1. The number of alkyl carbamates (subject to hydrolysis) is 1. The highest BCUT2D eigenvalue weighted by Gasteiger charge is 2.30. The number of hydrogen-bond acceptors (Lipinski definition) is 4. The SMILES string of the molecule is Cc1cc(F)cc(CC(NC(=O)OCC2c3ccccc3-c3ccccc32)C(=O)O)c1O. The molecule has 1 aliphatic carbocycles. The van der Waals surface area contributed by atoms with Crippen molar-refractivity contribution in [3.05, 3.63) is 88.7 Å². The van der Waals surface area contributed by atoms with E-state index in [-0.39, 0.29) is 35.8 Å². The van der Waals surface area contributed by atoms with Gasteiger partial charge in [0.2, 0.25) is 0 Å². The minimum Gasteiger partial charge on any atom is -0.507 e. The number of aryl methyl sites for hydroxylation is 1. The second-order valence-electron chi connectivity index (χ2n) is 7.80. The van der Waals surface area contributed by atoms with E-state index < -0.39 is 23.9 Å². The highest BCUT2D eigenvalue weighted by Crippen LogP contribution is 2.44. The van der Waals surface area contributed by atoms with Crippen molar-refractivity contribution in [2.75, 3.05) is 6.61 Å². The van der Waals surface area contributed by atoms with E-state index in [9.17, 15) is 24.2 Å². The number of carboxylic acid groups (broad SMARTS) is 1. The second kappa shape index (κ2) is 8.70. The van der Waals surface area contributed by atoms with E-state index in [1.165, 1.54) is 6.92 Å². The molecule has 1 atom stereocenters. The van der Waals surface area contributed by atoms with Crippen LogP contribution in [0.3, 0.4) is 0 Å². The van der Waals surface area contributed by atoms with Crippen molar-refractivity contribution >= 4 is 12.1 Å². The van der Waals surface area contributed by atoms with Gasteiger partial charge in [0.25, 0.3) is 0 Å². The quantitative estimate of drug-likeness (QED) is 0.534. The average molecular weight is 435 g/mol. The predicted octanol–water partition coefficient (Wildman–Crippen LogP) is 4.37. The lowest BCUT2D eigenvalue weighted by molar-refractivity contribution is -0.139. The molecular weight excluding hydrogens is 413 g/mol. The molecule has 3 aromatic rings. The molecule has 3 aromatic carbocycles. The van der Waals surface area contributed by atoms with Gasteiger partial charge in [0.1, 0.15) is 24.2 Å². The van der Waals surface area contributed by atoms with E-state index in [1.807, 2.05) is 48.5 Å². The van der Waals surface area contributed by atoms with Crippen LogP contribution in [0.1, 0.15) is 28.2 Å². The molecule has 1 unspecified atom stereocenters. The van der Waals surface area contributed by atoms with E-state index >= 15 is 0 Å². The number of ether oxygens (including phenoxy) is 1. The number of phenolic OH excluding ortho intramolecular Hbond substituents is 1. The Morgan fingerprint density at radius 2 is 1.66 bits per heavy atom. The summed E-state index contributed by atoms with van der Waals surface area (Å²) >= 11 is 0. The van der Waals surface area contributed by atoms with Crippen LogP contribution in [0.15, 0.2) is 60.7 Å². The van der Waals surface area contributed by atoms with Gasteiger partial charge in [-0.05, 0) is 52.4 Å². The number of rotatable bonds is 6. The number of hydrogen-bond donors (Lipinski definition) is 3. The zero-order chi connectivity index (χ0) is 22.8. The molecule has 1 aliphatic rings. The molecule has 0 fully saturated rings. The van der Waals surface area contributed by atoms with E-state index in [4.69, 9.17) is 4.74 Å². The van der Waals surface area contributed by atoms with Crippen LogP contribution in [0, 0.1) is 12.7 Å². The highest BCUT2D eigenvalue weighted by atomic mass is 19.1. The van der Waals surface area contributed by atoms with Gasteiger partial charge in [-0.1, -0.05) is 48.5 Å². The summed E-state index contributed by atoms with van der Waals surface area (Å²) in [6.45, 7) is 1.55. The van der Waals surface area contributed by atoms with Crippen LogP contribution < -0.4 is 5.32 Å². The van der Waals surface area contributed by atoms with Crippen LogP contribution in [-0.2, 0) is 16.0 Å². The van der Waals surface area contributed by atoms with Gasteiger partial charge in [-0.25, -0.2) is 14.0 Å². The van der Waals surface area contributed by atoms with E-state index in [0.717, 1.165) is 34.4 Å². The summed E-state index contributed by atoms with van der Waals surface area (Å²) in [6.07, 6.45) is -1.18. The van der Waals surface area contributed by atoms with Crippen molar-refractivity contribution in [1.82, 2.24) is 5.32 Å². The molecule has 1 amide bonds. The summed E-state index contributed by atoms with van der Waals surface area (Å²) in [6, 6.07) is 16.6. The van der Waals surface area contributed by atoms with Crippen LogP contribution in [0.2, 0.25) is 0 Å². The molecule has 32 heavy (non-hydrogen) atoms. The van der Waals surface area contributed by atoms with Crippen LogP contribution in [0.25, 0.3) is 11.1 Å². The van der Waals surface area contributed by atoms with Gasteiger partial charge >= 0.3 is 12.1 Å². The number of benzene rings is 3. The first-order valence-corrected chi connectivity index (χ1v) is 10.2. The first-order valence-electron chi connectivity index (χ1n) is 10.2. The number of carbonyl (C=O) groups is 2. The fourth-order valence-electron chi connectivity index (χ4n) is 4.16. The van der Waals surface area contributed by atoms with Crippen molar-refractivity contribution in [2.45, 2.75) is 25.3 Å². The predicted molar refractivity (Wildman–Crippen MR) is 116 cm³/mol. The molecule has 0 aromatic heterocycles. The summed E-state index contributed by atoms with van der Waals surface area (Å²) in [5.74, 6) is -2.28. The summed E-state index contributed by atoms with van der Waals surface area (Å²) in [5, 5.41) is 21.9. The summed E-state index contributed by atoms with van der Waals surface area (Å²) in [5.41, 5.74) is 4.61. The first-order chi connectivity index (χ1) is 15.3. The highest BCUT2D eigenvalue weighted by molar-refractivity contribution is 5.81. The molecule has 0 bridgehead atoms.